The molecule has 0 fully saturated rings. The highest BCUT2D eigenvalue weighted by Crippen LogP contribution is 2.31. The summed E-state index contributed by atoms with van der Waals surface area (Å²) in [7, 11) is 0. The highest BCUT2D eigenvalue weighted by Gasteiger charge is 2.28. The lowest BCUT2D eigenvalue weighted by Gasteiger charge is -2.27. The maximum Gasteiger partial charge on any atom is 0.420 e. The van der Waals surface area contributed by atoms with E-state index in [1.807, 2.05) is 0 Å². The molecule has 4 aromatic rings. The van der Waals surface area contributed by atoms with Crippen LogP contribution in [0.1, 0.15) is 20.8 Å². The Labute approximate surface area is 172 Å². The van der Waals surface area contributed by atoms with Gasteiger partial charge < -0.3 is 4.74 Å². The van der Waals surface area contributed by atoms with Crippen LogP contribution in [0.4, 0.5) is 20.7 Å². The summed E-state index contributed by atoms with van der Waals surface area (Å²) in [5, 5.41) is 4.30. The van der Waals surface area contributed by atoms with E-state index in [2.05, 4.69) is 15.1 Å². The van der Waals surface area contributed by atoms with Crippen LogP contribution in [-0.2, 0) is 4.74 Å². The minimum Gasteiger partial charge on any atom is -0.443 e. The SMILES string of the molecule is CC(C)(C)OC(=O)N(c1ccncc1)c1cc(-c2ccccc2F)nc2ccnn12. The first-order chi connectivity index (χ1) is 14.3. The molecule has 0 aliphatic carbocycles. The van der Waals surface area contributed by atoms with Crippen molar-refractivity contribution in [1.29, 1.82) is 0 Å². The Morgan fingerprint density at radius 3 is 2.50 bits per heavy atom. The van der Waals surface area contributed by atoms with E-state index < -0.39 is 17.5 Å². The summed E-state index contributed by atoms with van der Waals surface area (Å²) in [6, 6.07) is 13.0. The normalized spacial score (nSPS) is 11.5. The van der Waals surface area contributed by atoms with Crippen LogP contribution in [0.5, 0.6) is 0 Å². The number of nitrogens with zero attached hydrogens (tertiary/aromatic N) is 5. The van der Waals surface area contributed by atoms with Gasteiger partial charge in [0.25, 0.3) is 0 Å². The van der Waals surface area contributed by atoms with Gasteiger partial charge in [0.15, 0.2) is 5.65 Å². The molecule has 0 atom stereocenters. The van der Waals surface area contributed by atoms with E-state index in [9.17, 15) is 9.18 Å². The van der Waals surface area contributed by atoms with Gasteiger partial charge in [-0.15, -0.1) is 0 Å². The molecule has 0 aliphatic heterocycles. The van der Waals surface area contributed by atoms with Crippen LogP contribution in [0.25, 0.3) is 16.9 Å². The van der Waals surface area contributed by atoms with Crippen LogP contribution >= 0.6 is 0 Å². The van der Waals surface area contributed by atoms with Crippen LogP contribution in [0.15, 0.2) is 67.1 Å². The molecule has 0 radical (unpaired) electrons. The summed E-state index contributed by atoms with van der Waals surface area (Å²) in [5.74, 6) is -0.0451. The minimum absolute atomic E-state index is 0.321. The maximum atomic E-state index is 14.5. The minimum atomic E-state index is -0.715. The second-order valence-electron chi connectivity index (χ2n) is 7.60. The lowest BCUT2D eigenvalue weighted by atomic mass is 10.1. The molecule has 0 saturated heterocycles. The summed E-state index contributed by atoms with van der Waals surface area (Å²) < 4.78 is 21.6. The Morgan fingerprint density at radius 2 is 1.80 bits per heavy atom. The van der Waals surface area contributed by atoms with Crippen molar-refractivity contribution in [3.05, 3.63) is 72.9 Å². The number of rotatable bonds is 3. The van der Waals surface area contributed by atoms with E-state index >= 15 is 0 Å². The molecule has 0 unspecified atom stereocenters. The molecule has 4 rings (SSSR count). The van der Waals surface area contributed by atoms with Crippen molar-refractivity contribution < 1.29 is 13.9 Å². The number of carbonyl (C=O) groups is 1. The first-order valence-electron chi connectivity index (χ1n) is 9.36. The van der Waals surface area contributed by atoms with Crippen molar-refractivity contribution >= 4 is 23.2 Å². The van der Waals surface area contributed by atoms with Crippen LogP contribution < -0.4 is 4.90 Å². The van der Waals surface area contributed by atoms with Gasteiger partial charge in [0.1, 0.15) is 17.2 Å². The number of pyridine rings is 1. The molecule has 1 amide bonds. The Morgan fingerprint density at radius 1 is 1.07 bits per heavy atom. The van der Waals surface area contributed by atoms with Gasteiger partial charge in [0.2, 0.25) is 0 Å². The first-order valence-corrected chi connectivity index (χ1v) is 9.36. The number of benzene rings is 1. The zero-order valence-corrected chi connectivity index (χ0v) is 16.8. The third-order valence-electron chi connectivity index (χ3n) is 4.22. The summed E-state index contributed by atoms with van der Waals surface area (Å²) in [6.45, 7) is 5.36. The lowest BCUT2D eigenvalue weighted by molar-refractivity contribution is 0.0597. The van der Waals surface area contributed by atoms with Gasteiger partial charge in [-0.3, -0.25) is 4.98 Å². The van der Waals surface area contributed by atoms with Crippen molar-refractivity contribution in [3.63, 3.8) is 0 Å². The predicted octanol–water partition coefficient (Wildman–Crippen LogP) is 5.00. The van der Waals surface area contributed by atoms with E-state index in [1.54, 1.807) is 81.8 Å². The van der Waals surface area contributed by atoms with E-state index in [0.29, 0.717) is 28.4 Å². The lowest BCUT2D eigenvalue weighted by Crippen LogP contribution is -2.35. The number of halogens is 1. The number of amides is 1. The molecule has 3 aromatic heterocycles. The molecule has 7 nitrogen and oxygen atoms in total. The van der Waals surface area contributed by atoms with Crippen molar-refractivity contribution in [2.45, 2.75) is 26.4 Å². The average molecular weight is 405 g/mol. The number of ether oxygens (including phenoxy) is 1. The Balaban J connectivity index is 1.94. The maximum absolute atomic E-state index is 14.5. The first kappa shape index (κ1) is 19.5. The van der Waals surface area contributed by atoms with Crippen LogP contribution in [-0.4, -0.2) is 31.3 Å². The quantitative estimate of drug-likeness (QED) is 0.479. The fourth-order valence-electron chi connectivity index (χ4n) is 2.99. The number of anilines is 2. The fraction of sp³-hybridized carbons (Fsp3) is 0.182. The van der Waals surface area contributed by atoms with E-state index in [-0.39, 0.29) is 0 Å². The van der Waals surface area contributed by atoms with E-state index in [1.165, 1.54) is 15.5 Å². The molecule has 30 heavy (non-hydrogen) atoms. The standard InChI is InChI=1S/C22H20FN5O2/c1-22(2,3)30-21(29)27(15-8-11-24-12-9-15)20-14-18(16-6-4-5-7-17(16)23)26-19-10-13-25-28(19)20/h4-14H,1-3H3. The molecule has 0 aliphatic rings. The number of hydrogen-bond acceptors (Lipinski definition) is 5. The second-order valence-corrected chi connectivity index (χ2v) is 7.60. The number of carbonyl (C=O) groups excluding carboxylic acids is 1. The van der Waals surface area contributed by atoms with Gasteiger partial charge in [0, 0.05) is 30.1 Å². The summed E-state index contributed by atoms with van der Waals surface area (Å²) in [6.07, 6.45) is 4.12. The van der Waals surface area contributed by atoms with Crippen LogP contribution in [0, 0.1) is 5.82 Å². The van der Waals surface area contributed by atoms with Crippen LogP contribution in [0.3, 0.4) is 0 Å². The monoisotopic (exact) mass is 405 g/mol. The Hall–Kier alpha value is -3.81. The molecule has 152 valence electrons. The van der Waals surface area contributed by atoms with Gasteiger partial charge in [-0.05, 0) is 45.0 Å². The zero-order chi connectivity index (χ0) is 21.3. The summed E-state index contributed by atoms with van der Waals surface area (Å²) in [4.78, 5) is 23.1. The smallest absolute Gasteiger partial charge is 0.420 e. The fourth-order valence-corrected chi connectivity index (χ4v) is 2.99. The highest BCUT2D eigenvalue weighted by atomic mass is 19.1. The molecule has 8 heteroatoms. The number of fused-ring (bicyclic) bond motifs is 1. The molecule has 3 heterocycles. The van der Waals surface area contributed by atoms with Gasteiger partial charge in [0.05, 0.1) is 17.6 Å². The van der Waals surface area contributed by atoms with Gasteiger partial charge >= 0.3 is 6.09 Å². The summed E-state index contributed by atoms with van der Waals surface area (Å²) >= 11 is 0. The number of hydrogen-bond donors (Lipinski definition) is 0. The third-order valence-corrected chi connectivity index (χ3v) is 4.22. The molecule has 0 saturated carbocycles. The molecule has 0 spiro atoms. The molecular formula is C22H20FN5O2. The second kappa shape index (κ2) is 7.55. The Bertz CT molecular complexity index is 1200. The number of aromatic nitrogens is 4. The largest absolute Gasteiger partial charge is 0.443 e. The van der Waals surface area contributed by atoms with E-state index in [4.69, 9.17) is 4.74 Å². The van der Waals surface area contributed by atoms with Crippen LogP contribution in [0.2, 0.25) is 0 Å². The van der Waals surface area contributed by atoms with Crippen molar-refractivity contribution in [2.75, 3.05) is 4.90 Å². The van der Waals surface area contributed by atoms with Gasteiger partial charge in [-0.25, -0.2) is 19.1 Å². The molecule has 1 aromatic carbocycles. The van der Waals surface area contributed by atoms with Crippen molar-refractivity contribution in [3.8, 4) is 11.3 Å². The topological polar surface area (TPSA) is 72.6 Å². The molecule has 0 N–H and O–H groups in total. The molecule has 0 bridgehead atoms. The predicted molar refractivity (Wildman–Crippen MR) is 111 cm³/mol. The third kappa shape index (κ3) is 3.84. The Kier molecular flexibility index (Phi) is 4.91. The van der Waals surface area contributed by atoms with Gasteiger partial charge in [-0.1, -0.05) is 12.1 Å². The molecular weight excluding hydrogens is 385 g/mol. The van der Waals surface area contributed by atoms with Gasteiger partial charge in [-0.2, -0.15) is 9.61 Å². The summed E-state index contributed by atoms with van der Waals surface area (Å²) in [5.41, 5.74) is 0.975. The highest BCUT2D eigenvalue weighted by molar-refractivity contribution is 5.96. The van der Waals surface area contributed by atoms with Crippen molar-refractivity contribution in [1.82, 2.24) is 19.6 Å². The average Bonchev–Trinajstić information content (AvgIpc) is 3.17. The van der Waals surface area contributed by atoms with Crippen molar-refractivity contribution in [2.24, 2.45) is 0 Å². The zero-order valence-electron chi connectivity index (χ0n) is 16.8. The van der Waals surface area contributed by atoms with E-state index in [0.717, 1.165) is 0 Å².